The second kappa shape index (κ2) is 7.61. The third-order valence-corrected chi connectivity index (χ3v) is 6.45. The van der Waals surface area contributed by atoms with Crippen molar-refractivity contribution in [3.05, 3.63) is 48.0 Å². The number of carbonyl (C=O) groups is 2. The van der Waals surface area contributed by atoms with Gasteiger partial charge < -0.3 is 9.64 Å². The average molecular weight is 406 g/mol. The summed E-state index contributed by atoms with van der Waals surface area (Å²) in [6.45, 7) is 2.07. The van der Waals surface area contributed by atoms with Crippen LogP contribution in [0.3, 0.4) is 0 Å². The van der Waals surface area contributed by atoms with Gasteiger partial charge in [0.25, 0.3) is 10.0 Å². The van der Waals surface area contributed by atoms with Gasteiger partial charge in [-0.1, -0.05) is 12.1 Å². The molecule has 1 heterocycles. The minimum Gasteiger partial charge on any atom is -0.465 e. The molecule has 1 aliphatic heterocycles. The van der Waals surface area contributed by atoms with Crippen LogP contribution in [0, 0.1) is 0 Å². The van der Waals surface area contributed by atoms with E-state index in [2.05, 4.69) is 4.72 Å². The zero-order chi connectivity index (χ0) is 19.6. The molecule has 1 aliphatic rings. The number of thioether (sulfide) groups is 1. The van der Waals surface area contributed by atoms with Crippen molar-refractivity contribution in [3.8, 4) is 0 Å². The summed E-state index contributed by atoms with van der Waals surface area (Å²) in [6, 6.07) is 10.8. The Labute approximate surface area is 161 Å². The van der Waals surface area contributed by atoms with E-state index >= 15 is 0 Å². The summed E-state index contributed by atoms with van der Waals surface area (Å²) in [7, 11) is -2.69. The Bertz CT molecular complexity index is 1000. The Hall–Kier alpha value is -2.52. The molecule has 27 heavy (non-hydrogen) atoms. The Balaban J connectivity index is 1.95. The molecule has 3 rings (SSSR count). The number of amides is 1. The highest BCUT2D eigenvalue weighted by Gasteiger charge is 2.24. The van der Waals surface area contributed by atoms with Gasteiger partial charge in [-0.3, -0.25) is 9.52 Å². The number of fused-ring (bicyclic) bond motifs is 1. The summed E-state index contributed by atoms with van der Waals surface area (Å²) < 4.78 is 32.8. The summed E-state index contributed by atoms with van der Waals surface area (Å²) in [5.41, 5.74) is 0.964. The highest BCUT2D eigenvalue weighted by Crippen LogP contribution is 2.36. The van der Waals surface area contributed by atoms with E-state index in [4.69, 9.17) is 4.74 Å². The van der Waals surface area contributed by atoms with Crippen molar-refractivity contribution < 1.29 is 22.7 Å². The Morgan fingerprint density at radius 1 is 1.19 bits per heavy atom. The third kappa shape index (κ3) is 3.93. The van der Waals surface area contributed by atoms with Gasteiger partial charge >= 0.3 is 5.97 Å². The van der Waals surface area contributed by atoms with E-state index in [1.165, 1.54) is 50.1 Å². The predicted molar refractivity (Wildman–Crippen MR) is 104 cm³/mol. The summed E-state index contributed by atoms with van der Waals surface area (Å²) in [5.74, 6) is -0.0296. The molecule has 0 radical (unpaired) electrons. The molecular weight excluding hydrogens is 388 g/mol. The van der Waals surface area contributed by atoms with E-state index in [1.807, 2.05) is 0 Å². The van der Waals surface area contributed by atoms with Crippen LogP contribution in [0.5, 0.6) is 0 Å². The Morgan fingerprint density at radius 3 is 2.63 bits per heavy atom. The molecule has 2 aromatic carbocycles. The van der Waals surface area contributed by atoms with Gasteiger partial charge in [0.1, 0.15) is 0 Å². The first-order chi connectivity index (χ1) is 12.8. The third-order valence-electron chi connectivity index (χ3n) is 4.06. The van der Waals surface area contributed by atoms with Crippen LogP contribution in [0.2, 0.25) is 0 Å². The molecule has 0 unspecified atom stereocenters. The maximum atomic E-state index is 12.8. The van der Waals surface area contributed by atoms with E-state index in [9.17, 15) is 18.0 Å². The molecule has 0 bridgehead atoms. The Kier molecular flexibility index (Phi) is 5.43. The maximum Gasteiger partial charge on any atom is 0.339 e. The minimum atomic E-state index is -3.92. The number of methoxy groups -OCH3 is 1. The van der Waals surface area contributed by atoms with Crippen molar-refractivity contribution in [2.75, 3.05) is 29.0 Å². The molecule has 142 valence electrons. The normalized spacial score (nSPS) is 13.6. The number of hydrogen-bond donors (Lipinski definition) is 1. The molecule has 7 nitrogen and oxygen atoms in total. The molecule has 0 aliphatic carbocycles. The lowest BCUT2D eigenvalue weighted by molar-refractivity contribution is -0.116. The predicted octanol–water partition coefficient (Wildman–Crippen LogP) is 2.73. The Morgan fingerprint density at radius 2 is 1.93 bits per heavy atom. The van der Waals surface area contributed by atoms with E-state index in [0.717, 1.165) is 4.90 Å². The summed E-state index contributed by atoms with van der Waals surface area (Å²) in [4.78, 5) is 26.0. The molecule has 1 N–H and O–H groups in total. The lowest BCUT2D eigenvalue weighted by Gasteiger charge is -2.28. The van der Waals surface area contributed by atoms with Gasteiger partial charge in [0.2, 0.25) is 5.91 Å². The molecule has 2 aromatic rings. The first-order valence-electron chi connectivity index (χ1n) is 8.08. The number of sulfonamides is 1. The second-order valence-electron chi connectivity index (χ2n) is 5.79. The molecule has 1 amide bonds. The number of hydrogen-bond acceptors (Lipinski definition) is 6. The highest BCUT2D eigenvalue weighted by atomic mass is 32.2. The standard InChI is InChI=1S/C18H18N2O5S2/c1-12(21)20-9-10-26-17-11-13(7-8-16(17)20)27(23,24)19-15-6-4-3-5-14(15)18(22)25-2/h3-8,11,19H,9-10H2,1-2H3. The summed E-state index contributed by atoms with van der Waals surface area (Å²) in [6.07, 6.45) is 0. The number of ether oxygens (including phenoxy) is 1. The monoisotopic (exact) mass is 406 g/mol. The van der Waals surface area contributed by atoms with Gasteiger partial charge in [0.05, 0.1) is 28.9 Å². The van der Waals surface area contributed by atoms with Gasteiger partial charge in [0.15, 0.2) is 0 Å². The topological polar surface area (TPSA) is 92.8 Å². The van der Waals surface area contributed by atoms with Gasteiger partial charge in [-0.15, -0.1) is 11.8 Å². The SMILES string of the molecule is COC(=O)c1ccccc1NS(=O)(=O)c1ccc2c(c1)SCCN2C(C)=O. The van der Waals surface area contributed by atoms with E-state index in [1.54, 1.807) is 23.1 Å². The van der Waals surface area contributed by atoms with Crippen LogP contribution in [0.15, 0.2) is 52.3 Å². The average Bonchev–Trinajstić information content (AvgIpc) is 2.66. The zero-order valence-electron chi connectivity index (χ0n) is 14.8. The minimum absolute atomic E-state index is 0.0545. The highest BCUT2D eigenvalue weighted by molar-refractivity contribution is 7.99. The van der Waals surface area contributed by atoms with Crippen LogP contribution in [-0.2, 0) is 19.6 Å². The zero-order valence-corrected chi connectivity index (χ0v) is 16.4. The van der Waals surface area contributed by atoms with Gasteiger partial charge in [-0.2, -0.15) is 0 Å². The van der Waals surface area contributed by atoms with Crippen molar-refractivity contribution in [1.29, 1.82) is 0 Å². The van der Waals surface area contributed by atoms with Crippen LogP contribution < -0.4 is 9.62 Å². The number of para-hydroxylation sites is 1. The smallest absolute Gasteiger partial charge is 0.339 e. The van der Waals surface area contributed by atoms with Crippen molar-refractivity contribution in [2.24, 2.45) is 0 Å². The lowest BCUT2D eigenvalue weighted by Crippen LogP contribution is -2.33. The fourth-order valence-corrected chi connectivity index (χ4v) is 4.97. The van der Waals surface area contributed by atoms with Crippen molar-refractivity contribution in [2.45, 2.75) is 16.7 Å². The lowest BCUT2D eigenvalue weighted by atomic mass is 10.2. The molecular formula is C18H18N2O5S2. The summed E-state index contributed by atoms with van der Waals surface area (Å²) >= 11 is 1.50. The summed E-state index contributed by atoms with van der Waals surface area (Å²) in [5, 5.41) is 0. The molecule has 0 saturated heterocycles. The number of rotatable bonds is 4. The first-order valence-corrected chi connectivity index (χ1v) is 10.6. The van der Waals surface area contributed by atoms with Crippen molar-refractivity contribution in [3.63, 3.8) is 0 Å². The molecule has 9 heteroatoms. The van der Waals surface area contributed by atoms with E-state index in [-0.39, 0.29) is 22.1 Å². The molecule has 0 aromatic heterocycles. The fraction of sp³-hybridized carbons (Fsp3) is 0.222. The maximum absolute atomic E-state index is 12.8. The van der Waals surface area contributed by atoms with Gasteiger partial charge in [0, 0.05) is 24.1 Å². The van der Waals surface area contributed by atoms with E-state index < -0.39 is 16.0 Å². The van der Waals surface area contributed by atoms with Crippen LogP contribution >= 0.6 is 11.8 Å². The fourth-order valence-electron chi connectivity index (χ4n) is 2.76. The van der Waals surface area contributed by atoms with E-state index in [0.29, 0.717) is 18.0 Å². The molecule has 0 atom stereocenters. The van der Waals surface area contributed by atoms with Crippen molar-refractivity contribution in [1.82, 2.24) is 0 Å². The largest absolute Gasteiger partial charge is 0.465 e. The van der Waals surface area contributed by atoms with Crippen molar-refractivity contribution >= 4 is 45.0 Å². The number of carbonyl (C=O) groups excluding carboxylic acids is 2. The number of nitrogens with zero attached hydrogens (tertiary/aromatic N) is 1. The van der Waals surface area contributed by atoms with Crippen LogP contribution in [0.1, 0.15) is 17.3 Å². The molecule has 0 spiro atoms. The number of nitrogens with one attached hydrogen (secondary N) is 1. The van der Waals surface area contributed by atoms with Crippen LogP contribution in [-0.4, -0.2) is 39.7 Å². The van der Waals surface area contributed by atoms with Gasteiger partial charge in [-0.25, -0.2) is 13.2 Å². The quantitative estimate of drug-likeness (QED) is 0.785. The molecule has 0 saturated carbocycles. The van der Waals surface area contributed by atoms with Crippen LogP contribution in [0.4, 0.5) is 11.4 Å². The second-order valence-corrected chi connectivity index (χ2v) is 8.61. The first kappa shape index (κ1) is 19.2. The number of anilines is 2. The van der Waals surface area contributed by atoms with Crippen LogP contribution in [0.25, 0.3) is 0 Å². The van der Waals surface area contributed by atoms with Gasteiger partial charge in [-0.05, 0) is 30.3 Å². The molecule has 0 fully saturated rings. The number of benzene rings is 2. The number of esters is 1.